The fourth-order valence-electron chi connectivity index (χ4n) is 3.71. The molecule has 3 aromatic carbocycles. The van der Waals surface area contributed by atoms with Crippen LogP contribution in [0, 0.1) is 13.8 Å². The lowest BCUT2D eigenvalue weighted by Crippen LogP contribution is -1.99. The van der Waals surface area contributed by atoms with Crippen molar-refractivity contribution in [2.45, 2.75) is 13.8 Å². The predicted molar refractivity (Wildman–Crippen MR) is 124 cm³/mol. The molecule has 0 bridgehead atoms. The third-order valence-electron chi connectivity index (χ3n) is 5.12. The number of nitrogens with zero attached hydrogens (tertiary/aromatic N) is 3. The normalized spacial score (nSPS) is 11.7. The van der Waals surface area contributed by atoms with Gasteiger partial charge in [-0.05, 0) is 55.0 Å². The molecular formula is C24H20N4S. The molecule has 4 nitrogen and oxygen atoms in total. The van der Waals surface area contributed by atoms with E-state index >= 15 is 0 Å². The molecule has 1 N–H and O–H groups in total. The highest BCUT2D eigenvalue weighted by molar-refractivity contribution is 7.22. The largest absolute Gasteiger partial charge is 0.318 e. The molecule has 0 amide bonds. The number of thiazole rings is 1. The van der Waals surface area contributed by atoms with Crippen LogP contribution in [-0.2, 0) is 0 Å². The third kappa shape index (κ3) is 3.30. The Hall–Kier alpha value is -3.44. The number of fused-ring (bicyclic) bond motifs is 2. The summed E-state index contributed by atoms with van der Waals surface area (Å²) in [5.41, 5.74) is 8.65. The van der Waals surface area contributed by atoms with Gasteiger partial charge in [0.25, 0.3) is 0 Å². The Morgan fingerprint density at radius 1 is 0.931 bits per heavy atom. The van der Waals surface area contributed by atoms with E-state index in [0.717, 1.165) is 32.3 Å². The molecule has 5 rings (SSSR count). The number of anilines is 1. The summed E-state index contributed by atoms with van der Waals surface area (Å²) >= 11 is 1.60. The van der Waals surface area contributed by atoms with Crippen molar-refractivity contribution in [1.82, 2.24) is 9.55 Å². The van der Waals surface area contributed by atoms with Crippen LogP contribution in [0.15, 0.2) is 77.9 Å². The molecule has 0 saturated heterocycles. The van der Waals surface area contributed by atoms with Gasteiger partial charge >= 0.3 is 0 Å². The van der Waals surface area contributed by atoms with Crippen molar-refractivity contribution in [3.8, 4) is 5.69 Å². The van der Waals surface area contributed by atoms with Crippen molar-refractivity contribution in [2.24, 2.45) is 5.10 Å². The van der Waals surface area contributed by atoms with Gasteiger partial charge in [-0.1, -0.05) is 53.8 Å². The Morgan fingerprint density at radius 3 is 2.59 bits per heavy atom. The summed E-state index contributed by atoms with van der Waals surface area (Å²) in [7, 11) is 0. The van der Waals surface area contributed by atoms with Crippen molar-refractivity contribution >= 4 is 43.7 Å². The highest BCUT2D eigenvalue weighted by Crippen LogP contribution is 2.26. The number of hydrazone groups is 1. The number of hydrogen-bond acceptors (Lipinski definition) is 4. The van der Waals surface area contributed by atoms with Crippen LogP contribution in [0.2, 0.25) is 0 Å². The lowest BCUT2D eigenvalue weighted by Gasteiger charge is -2.11. The minimum absolute atomic E-state index is 0.797. The van der Waals surface area contributed by atoms with Crippen LogP contribution in [0.3, 0.4) is 0 Å². The van der Waals surface area contributed by atoms with Crippen LogP contribution in [0.4, 0.5) is 5.13 Å². The fourth-order valence-corrected chi connectivity index (χ4v) is 4.52. The molecule has 0 aliphatic carbocycles. The van der Waals surface area contributed by atoms with E-state index < -0.39 is 0 Å². The first-order valence-corrected chi connectivity index (χ1v) is 10.3. The first-order valence-electron chi connectivity index (χ1n) is 9.52. The number of benzene rings is 3. The van der Waals surface area contributed by atoms with Gasteiger partial charge in [0.05, 0.1) is 16.4 Å². The first kappa shape index (κ1) is 17.6. The molecule has 0 aliphatic heterocycles. The Bertz CT molecular complexity index is 1330. The van der Waals surface area contributed by atoms with Gasteiger partial charge in [-0.15, -0.1) is 0 Å². The Balaban J connectivity index is 1.43. The minimum Gasteiger partial charge on any atom is -0.318 e. The molecule has 2 heterocycles. The zero-order chi connectivity index (χ0) is 19.8. The summed E-state index contributed by atoms with van der Waals surface area (Å²) in [5, 5.41) is 7.71. The maximum atomic E-state index is 4.55. The van der Waals surface area contributed by atoms with E-state index in [0.29, 0.717) is 0 Å². The molecule has 0 radical (unpaired) electrons. The van der Waals surface area contributed by atoms with Crippen molar-refractivity contribution in [2.75, 3.05) is 5.43 Å². The van der Waals surface area contributed by atoms with E-state index in [2.05, 4.69) is 88.5 Å². The van der Waals surface area contributed by atoms with Gasteiger partial charge in [0.2, 0.25) is 5.13 Å². The van der Waals surface area contributed by atoms with Crippen LogP contribution in [0.1, 0.15) is 17.0 Å². The van der Waals surface area contributed by atoms with E-state index in [1.807, 2.05) is 24.4 Å². The fraction of sp³-hybridized carbons (Fsp3) is 0.0833. The number of para-hydroxylation sites is 1. The molecule has 0 saturated carbocycles. The number of nitrogens with one attached hydrogen (secondary N) is 1. The maximum Gasteiger partial charge on any atom is 0.204 e. The molecule has 29 heavy (non-hydrogen) atoms. The molecule has 0 atom stereocenters. The summed E-state index contributed by atoms with van der Waals surface area (Å²) in [6.07, 6.45) is 1.87. The van der Waals surface area contributed by atoms with Gasteiger partial charge < -0.3 is 4.57 Å². The van der Waals surface area contributed by atoms with Crippen molar-refractivity contribution in [3.63, 3.8) is 0 Å². The zero-order valence-corrected chi connectivity index (χ0v) is 17.1. The smallest absolute Gasteiger partial charge is 0.204 e. The second-order valence-corrected chi connectivity index (χ2v) is 8.08. The molecule has 0 unspecified atom stereocenters. The summed E-state index contributed by atoms with van der Waals surface area (Å²) in [5.74, 6) is 0. The Kier molecular flexibility index (Phi) is 4.37. The summed E-state index contributed by atoms with van der Waals surface area (Å²) in [6, 6.07) is 25.3. The van der Waals surface area contributed by atoms with E-state index in [-0.39, 0.29) is 0 Å². The predicted octanol–water partition coefficient (Wildman–Crippen LogP) is 6.30. The Morgan fingerprint density at radius 2 is 1.72 bits per heavy atom. The minimum atomic E-state index is 0.797. The highest BCUT2D eigenvalue weighted by Gasteiger charge is 2.10. The Labute approximate surface area is 173 Å². The van der Waals surface area contributed by atoms with Crippen LogP contribution in [0.25, 0.3) is 26.7 Å². The molecule has 2 aromatic heterocycles. The molecule has 142 valence electrons. The van der Waals surface area contributed by atoms with Gasteiger partial charge in [-0.25, -0.2) is 4.98 Å². The first-order chi connectivity index (χ1) is 14.2. The van der Waals surface area contributed by atoms with Crippen LogP contribution in [0.5, 0.6) is 0 Å². The molecule has 0 fully saturated rings. The number of rotatable bonds is 4. The van der Waals surface area contributed by atoms with Gasteiger partial charge in [0.15, 0.2) is 0 Å². The van der Waals surface area contributed by atoms with Gasteiger partial charge in [0, 0.05) is 22.6 Å². The van der Waals surface area contributed by atoms with Crippen LogP contribution >= 0.6 is 11.3 Å². The van der Waals surface area contributed by atoms with Gasteiger partial charge in [0.1, 0.15) is 0 Å². The van der Waals surface area contributed by atoms with Crippen molar-refractivity contribution in [1.29, 1.82) is 0 Å². The third-order valence-corrected chi connectivity index (χ3v) is 6.06. The average Bonchev–Trinajstić information content (AvgIpc) is 3.27. The van der Waals surface area contributed by atoms with E-state index in [1.54, 1.807) is 11.3 Å². The summed E-state index contributed by atoms with van der Waals surface area (Å²) in [4.78, 5) is 4.55. The number of aryl methyl sites for hydroxylation is 1. The number of aromatic nitrogens is 2. The lowest BCUT2D eigenvalue weighted by molar-refractivity contribution is 0.967. The number of hydrogen-bond donors (Lipinski definition) is 1. The lowest BCUT2D eigenvalue weighted by atomic mass is 10.1. The molecule has 0 aliphatic rings. The SMILES string of the molecule is Cc1cc(C=NNc2nc3ccccc3s2)c(C)n1-c1ccc2ccccc2c1. The summed E-state index contributed by atoms with van der Waals surface area (Å²) < 4.78 is 3.42. The van der Waals surface area contributed by atoms with Crippen LogP contribution in [-0.4, -0.2) is 15.8 Å². The molecule has 0 spiro atoms. The zero-order valence-electron chi connectivity index (χ0n) is 16.3. The average molecular weight is 397 g/mol. The van der Waals surface area contributed by atoms with Crippen LogP contribution < -0.4 is 5.43 Å². The van der Waals surface area contributed by atoms with E-state index in [9.17, 15) is 0 Å². The molecule has 5 aromatic rings. The van der Waals surface area contributed by atoms with Gasteiger partial charge in [-0.2, -0.15) is 5.10 Å². The highest BCUT2D eigenvalue weighted by atomic mass is 32.1. The topological polar surface area (TPSA) is 42.2 Å². The van der Waals surface area contributed by atoms with Crippen molar-refractivity contribution in [3.05, 3.63) is 89.7 Å². The second kappa shape index (κ2) is 7.18. The van der Waals surface area contributed by atoms with Gasteiger partial charge in [-0.3, -0.25) is 5.43 Å². The monoisotopic (exact) mass is 396 g/mol. The standard InChI is InChI=1S/C24H20N4S/c1-16-13-20(15-25-27-24-26-22-9-5-6-10-23(22)29-24)17(2)28(16)21-12-11-18-7-3-4-8-19(18)14-21/h3-15H,1-2H3,(H,26,27). The molecule has 5 heteroatoms. The maximum absolute atomic E-state index is 4.55. The second-order valence-electron chi connectivity index (χ2n) is 7.05. The van der Waals surface area contributed by atoms with E-state index in [4.69, 9.17) is 0 Å². The quantitative estimate of drug-likeness (QED) is 0.286. The summed E-state index contributed by atoms with van der Waals surface area (Å²) in [6.45, 7) is 4.25. The van der Waals surface area contributed by atoms with Crippen molar-refractivity contribution < 1.29 is 0 Å². The van der Waals surface area contributed by atoms with E-state index in [1.165, 1.54) is 16.5 Å². The molecular weight excluding hydrogens is 376 g/mol.